The minimum Gasteiger partial charge on any atom is -0.320 e. The van der Waals surface area contributed by atoms with Gasteiger partial charge in [-0.15, -0.1) is 0 Å². The number of nitrogens with two attached hydrogens (primary N) is 1. The smallest absolute Gasteiger partial charge is 0.320 e. The van der Waals surface area contributed by atoms with Crippen molar-refractivity contribution in [3.05, 3.63) is 71.3 Å². The van der Waals surface area contributed by atoms with Crippen LogP contribution in [0, 0.1) is 0 Å². The Morgan fingerprint density at radius 1 is 0.833 bits per heavy atom. The van der Waals surface area contributed by atoms with Crippen LogP contribution in [0.4, 0.5) is 13.2 Å². The second kappa shape index (κ2) is 4.82. The maximum atomic E-state index is 12.6. The predicted octanol–water partition coefficient (Wildman–Crippen LogP) is 3.75. The van der Waals surface area contributed by atoms with E-state index in [0.29, 0.717) is 5.56 Å². The minimum absolute atomic E-state index is 0.455. The van der Waals surface area contributed by atoms with E-state index in [2.05, 4.69) is 0 Å². The molecule has 0 saturated heterocycles. The number of hydrogen-bond donors (Lipinski definition) is 1. The van der Waals surface area contributed by atoms with E-state index in [9.17, 15) is 13.2 Å². The molecule has 2 N–H and O–H groups in total. The highest BCUT2D eigenvalue weighted by Gasteiger charge is 2.30. The normalized spacial score (nSPS) is 13.3. The molecule has 2 aromatic rings. The first-order valence-electron chi connectivity index (χ1n) is 5.46. The van der Waals surface area contributed by atoms with Crippen molar-refractivity contribution in [2.45, 2.75) is 12.2 Å². The molecule has 0 amide bonds. The maximum Gasteiger partial charge on any atom is 0.416 e. The zero-order valence-electron chi connectivity index (χ0n) is 9.48. The van der Waals surface area contributed by atoms with Crippen molar-refractivity contribution < 1.29 is 13.2 Å². The Morgan fingerprint density at radius 2 is 1.44 bits per heavy atom. The minimum atomic E-state index is -4.34. The van der Waals surface area contributed by atoms with Crippen LogP contribution in [0.25, 0.3) is 0 Å². The standard InChI is InChI=1S/C14H12F3N/c15-14(16,17)12-8-4-7-11(9-12)13(18)10-5-2-1-3-6-10/h1-9,13H,18H2/t13-/m0/s1. The molecule has 0 fully saturated rings. The Labute approximate surface area is 103 Å². The Morgan fingerprint density at radius 3 is 2.06 bits per heavy atom. The first kappa shape index (κ1) is 12.6. The molecule has 4 heteroatoms. The average Bonchev–Trinajstić information content (AvgIpc) is 2.38. The molecule has 1 nitrogen and oxygen atoms in total. The van der Waals surface area contributed by atoms with Gasteiger partial charge in [0.2, 0.25) is 0 Å². The van der Waals surface area contributed by atoms with Gasteiger partial charge in [-0.3, -0.25) is 0 Å². The third-order valence-electron chi connectivity index (χ3n) is 2.73. The summed E-state index contributed by atoms with van der Waals surface area (Å²) in [5, 5.41) is 0. The first-order valence-corrected chi connectivity index (χ1v) is 5.46. The number of benzene rings is 2. The van der Waals surface area contributed by atoms with Gasteiger partial charge in [0.05, 0.1) is 11.6 Å². The van der Waals surface area contributed by atoms with E-state index in [0.717, 1.165) is 17.7 Å². The highest BCUT2D eigenvalue weighted by atomic mass is 19.4. The zero-order valence-corrected chi connectivity index (χ0v) is 9.48. The molecule has 0 heterocycles. The van der Waals surface area contributed by atoms with E-state index < -0.39 is 17.8 Å². The van der Waals surface area contributed by atoms with Crippen LogP contribution < -0.4 is 5.73 Å². The molecule has 0 aliphatic carbocycles. The average molecular weight is 251 g/mol. The molecule has 0 unspecified atom stereocenters. The van der Waals surface area contributed by atoms with Crippen LogP contribution in [0.3, 0.4) is 0 Å². The van der Waals surface area contributed by atoms with Gasteiger partial charge in [-0.25, -0.2) is 0 Å². The fraction of sp³-hybridized carbons (Fsp3) is 0.143. The van der Waals surface area contributed by atoms with Crippen molar-refractivity contribution in [1.29, 1.82) is 0 Å². The molecule has 0 aliphatic heterocycles. The fourth-order valence-corrected chi connectivity index (χ4v) is 1.76. The summed E-state index contributed by atoms with van der Waals surface area (Å²) in [7, 11) is 0. The summed E-state index contributed by atoms with van der Waals surface area (Å²) in [6.07, 6.45) is -4.34. The molecule has 18 heavy (non-hydrogen) atoms. The number of hydrogen-bond acceptors (Lipinski definition) is 1. The van der Waals surface area contributed by atoms with E-state index in [-0.39, 0.29) is 0 Å². The lowest BCUT2D eigenvalue weighted by atomic mass is 9.98. The van der Waals surface area contributed by atoms with Crippen LogP contribution in [-0.4, -0.2) is 0 Å². The number of alkyl halides is 3. The van der Waals surface area contributed by atoms with Crippen LogP contribution >= 0.6 is 0 Å². The fourth-order valence-electron chi connectivity index (χ4n) is 1.76. The Bertz CT molecular complexity index is 520. The highest BCUT2D eigenvalue weighted by Crippen LogP contribution is 2.31. The largest absolute Gasteiger partial charge is 0.416 e. The Hall–Kier alpha value is -1.81. The van der Waals surface area contributed by atoms with Crippen molar-refractivity contribution in [3.8, 4) is 0 Å². The molecule has 0 aliphatic rings. The van der Waals surface area contributed by atoms with Gasteiger partial charge in [0.15, 0.2) is 0 Å². The topological polar surface area (TPSA) is 26.0 Å². The van der Waals surface area contributed by atoms with E-state index in [1.54, 1.807) is 18.2 Å². The molecule has 0 spiro atoms. The summed E-state index contributed by atoms with van der Waals surface area (Å²) in [5.74, 6) is 0. The third-order valence-corrected chi connectivity index (χ3v) is 2.73. The molecule has 1 atom stereocenters. The predicted molar refractivity (Wildman–Crippen MR) is 63.9 cm³/mol. The molecule has 2 rings (SSSR count). The lowest BCUT2D eigenvalue weighted by Gasteiger charge is -2.14. The van der Waals surface area contributed by atoms with Crippen LogP contribution in [0.15, 0.2) is 54.6 Å². The van der Waals surface area contributed by atoms with Crippen molar-refractivity contribution in [2.24, 2.45) is 5.73 Å². The van der Waals surface area contributed by atoms with E-state index in [1.165, 1.54) is 6.07 Å². The van der Waals surface area contributed by atoms with Crippen LogP contribution in [0.2, 0.25) is 0 Å². The SMILES string of the molecule is N[C@@H](c1ccccc1)c1cccc(C(F)(F)F)c1. The van der Waals surface area contributed by atoms with Crippen LogP contribution in [0.5, 0.6) is 0 Å². The van der Waals surface area contributed by atoms with Gasteiger partial charge in [-0.1, -0.05) is 42.5 Å². The Balaban J connectivity index is 2.35. The first-order chi connectivity index (χ1) is 8.48. The number of rotatable bonds is 2. The van der Waals surface area contributed by atoms with Gasteiger partial charge in [-0.05, 0) is 23.3 Å². The zero-order chi connectivity index (χ0) is 13.2. The highest BCUT2D eigenvalue weighted by molar-refractivity contribution is 5.34. The van der Waals surface area contributed by atoms with Crippen molar-refractivity contribution >= 4 is 0 Å². The van der Waals surface area contributed by atoms with Gasteiger partial charge in [-0.2, -0.15) is 13.2 Å². The quantitative estimate of drug-likeness (QED) is 0.864. The monoisotopic (exact) mass is 251 g/mol. The maximum absolute atomic E-state index is 12.6. The molecule has 0 aromatic heterocycles. The van der Waals surface area contributed by atoms with Gasteiger partial charge in [0.25, 0.3) is 0 Å². The number of halogens is 3. The van der Waals surface area contributed by atoms with Crippen molar-refractivity contribution in [3.63, 3.8) is 0 Å². The lowest BCUT2D eigenvalue weighted by Crippen LogP contribution is -2.13. The molecular formula is C14H12F3N. The van der Waals surface area contributed by atoms with Crippen LogP contribution in [-0.2, 0) is 6.18 Å². The lowest BCUT2D eigenvalue weighted by molar-refractivity contribution is -0.137. The summed E-state index contributed by atoms with van der Waals surface area (Å²) < 4.78 is 37.8. The van der Waals surface area contributed by atoms with E-state index in [1.807, 2.05) is 18.2 Å². The van der Waals surface area contributed by atoms with E-state index in [4.69, 9.17) is 5.73 Å². The second-order valence-corrected chi connectivity index (χ2v) is 4.01. The van der Waals surface area contributed by atoms with Gasteiger partial charge in [0, 0.05) is 0 Å². The van der Waals surface area contributed by atoms with E-state index >= 15 is 0 Å². The van der Waals surface area contributed by atoms with Gasteiger partial charge >= 0.3 is 6.18 Å². The molecular weight excluding hydrogens is 239 g/mol. The molecule has 0 bridgehead atoms. The van der Waals surface area contributed by atoms with Crippen molar-refractivity contribution in [1.82, 2.24) is 0 Å². The summed E-state index contributed by atoms with van der Waals surface area (Å²) in [4.78, 5) is 0. The molecule has 0 radical (unpaired) electrons. The van der Waals surface area contributed by atoms with Gasteiger partial charge < -0.3 is 5.73 Å². The summed E-state index contributed by atoms with van der Waals surface area (Å²) in [6.45, 7) is 0. The summed E-state index contributed by atoms with van der Waals surface area (Å²) in [6, 6.07) is 13.6. The summed E-state index contributed by atoms with van der Waals surface area (Å²) >= 11 is 0. The molecule has 94 valence electrons. The molecule has 2 aromatic carbocycles. The second-order valence-electron chi connectivity index (χ2n) is 4.01. The summed E-state index contributed by atoms with van der Waals surface area (Å²) in [5.41, 5.74) is 6.53. The molecule has 0 saturated carbocycles. The third kappa shape index (κ3) is 2.71. The van der Waals surface area contributed by atoms with Gasteiger partial charge in [0.1, 0.15) is 0 Å². The Kier molecular flexibility index (Phi) is 3.39. The van der Waals surface area contributed by atoms with Crippen molar-refractivity contribution in [2.75, 3.05) is 0 Å². The van der Waals surface area contributed by atoms with Crippen LogP contribution in [0.1, 0.15) is 22.7 Å².